The van der Waals surface area contributed by atoms with Gasteiger partial charge in [0.05, 0.1) is 0 Å². The summed E-state index contributed by atoms with van der Waals surface area (Å²) in [7, 11) is 1.70. The molecule has 0 aromatic carbocycles. The average Bonchev–Trinajstić information content (AvgIpc) is 2.87. The first kappa shape index (κ1) is 9.40. The third-order valence-corrected chi connectivity index (χ3v) is 2.45. The minimum atomic E-state index is 0.0252. The molecule has 1 aromatic heterocycles. The molecule has 2 rings (SSSR count). The van der Waals surface area contributed by atoms with Gasteiger partial charge in [-0.15, -0.1) is 0 Å². The van der Waals surface area contributed by atoms with Crippen molar-refractivity contribution in [2.24, 2.45) is 5.92 Å². The number of hydrogen-bond donors (Lipinski definition) is 1. The molecule has 0 spiro atoms. The summed E-state index contributed by atoms with van der Waals surface area (Å²) in [6.45, 7) is 1.92. The van der Waals surface area contributed by atoms with Crippen LogP contribution in [-0.2, 0) is 4.74 Å². The highest BCUT2D eigenvalue weighted by atomic mass is 16.5. The highest BCUT2D eigenvalue weighted by Gasteiger charge is 2.34. The summed E-state index contributed by atoms with van der Waals surface area (Å²) in [6, 6.07) is 1.77. The van der Waals surface area contributed by atoms with Crippen LogP contribution >= 0.6 is 0 Å². The number of hydrogen-bond acceptors (Lipinski definition) is 4. The predicted octanol–water partition coefficient (Wildman–Crippen LogP) is 1.46. The summed E-state index contributed by atoms with van der Waals surface area (Å²) in [6.07, 6.45) is 2.43. The number of nitrogens with zero attached hydrogens (tertiary/aromatic N) is 2. The number of methoxy groups -OCH3 is 1. The van der Waals surface area contributed by atoms with E-state index < -0.39 is 0 Å². The molecule has 1 aliphatic rings. The quantitative estimate of drug-likeness (QED) is 0.789. The van der Waals surface area contributed by atoms with Gasteiger partial charge in [0.15, 0.2) is 5.82 Å². The van der Waals surface area contributed by atoms with E-state index in [0.717, 1.165) is 11.5 Å². The first-order chi connectivity index (χ1) is 6.70. The van der Waals surface area contributed by atoms with Crippen LogP contribution in [0.15, 0.2) is 6.07 Å². The second-order valence-electron chi connectivity index (χ2n) is 3.79. The summed E-state index contributed by atoms with van der Waals surface area (Å²) in [5, 5.41) is 0. The number of anilines is 1. The summed E-state index contributed by atoms with van der Waals surface area (Å²) in [4.78, 5) is 8.56. The minimum Gasteiger partial charge on any atom is -0.384 e. The van der Waals surface area contributed by atoms with Crippen LogP contribution in [0.3, 0.4) is 0 Å². The minimum absolute atomic E-state index is 0.0252. The molecule has 1 aromatic rings. The van der Waals surface area contributed by atoms with E-state index in [1.165, 1.54) is 12.8 Å². The van der Waals surface area contributed by atoms with E-state index in [9.17, 15) is 0 Å². The Balaban J connectivity index is 2.28. The van der Waals surface area contributed by atoms with E-state index in [2.05, 4.69) is 9.97 Å². The van der Waals surface area contributed by atoms with Crippen molar-refractivity contribution in [1.82, 2.24) is 9.97 Å². The molecule has 1 saturated carbocycles. The van der Waals surface area contributed by atoms with Crippen LogP contribution in [0.25, 0.3) is 0 Å². The predicted molar refractivity (Wildman–Crippen MR) is 53.7 cm³/mol. The molecule has 1 atom stereocenters. The Morgan fingerprint density at radius 2 is 2.21 bits per heavy atom. The Labute approximate surface area is 83.5 Å². The van der Waals surface area contributed by atoms with Crippen molar-refractivity contribution in [1.29, 1.82) is 0 Å². The molecule has 76 valence electrons. The zero-order valence-electron chi connectivity index (χ0n) is 8.53. The van der Waals surface area contributed by atoms with Gasteiger partial charge in [0, 0.05) is 18.9 Å². The number of aryl methyl sites for hydroxylation is 1. The van der Waals surface area contributed by atoms with E-state index in [-0.39, 0.29) is 6.10 Å². The average molecular weight is 193 g/mol. The summed E-state index contributed by atoms with van der Waals surface area (Å²) in [5.74, 6) is 1.84. The van der Waals surface area contributed by atoms with Gasteiger partial charge >= 0.3 is 0 Å². The fourth-order valence-electron chi connectivity index (χ4n) is 1.65. The zero-order valence-corrected chi connectivity index (χ0v) is 8.53. The molecule has 0 amide bonds. The summed E-state index contributed by atoms with van der Waals surface area (Å²) < 4.78 is 5.39. The lowest BCUT2D eigenvalue weighted by atomic mass is 10.2. The monoisotopic (exact) mass is 193 g/mol. The van der Waals surface area contributed by atoms with E-state index in [1.807, 2.05) is 6.92 Å². The topological polar surface area (TPSA) is 61.0 Å². The molecule has 1 heterocycles. The SMILES string of the molecule is COC(c1nc(C)cc(N)n1)C1CC1. The van der Waals surface area contributed by atoms with Gasteiger partial charge in [0.25, 0.3) is 0 Å². The molecular weight excluding hydrogens is 178 g/mol. The second kappa shape index (κ2) is 3.53. The molecule has 1 fully saturated rings. The van der Waals surface area contributed by atoms with E-state index in [0.29, 0.717) is 11.7 Å². The number of nitrogen functional groups attached to an aromatic ring is 1. The van der Waals surface area contributed by atoms with Crippen molar-refractivity contribution in [2.75, 3.05) is 12.8 Å². The molecule has 0 radical (unpaired) electrons. The lowest BCUT2D eigenvalue weighted by Gasteiger charge is -2.13. The number of ether oxygens (including phenoxy) is 1. The fraction of sp³-hybridized carbons (Fsp3) is 0.600. The van der Waals surface area contributed by atoms with E-state index in [1.54, 1.807) is 13.2 Å². The van der Waals surface area contributed by atoms with Crippen LogP contribution in [0.2, 0.25) is 0 Å². The van der Waals surface area contributed by atoms with Gasteiger partial charge in [0.2, 0.25) is 0 Å². The molecule has 1 aliphatic carbocycles. The maximum absolute atomic E-state index is 5.67. The van der Waals surface area contributed by atoms with E-state index >= 15 is 0 Å². The maximum Gasteiger partial charge on any atom is 0.159 e. The zero-order chi connectivity index (χ0) is 10.1. The van der Waals surface area contributed by atoms with Gasteiger partial charge in [0.1, 0.15) is 11.9 Å². The van der Waals surface area contributed by atoms with Crippen LogP contribution in [0, 0.1) is 12.8 Å². The van der Waals surface area contributed by atoms with Crippen molar-refractivity contribution in [3.8, 4) is 0 Å². The Kier molecular flexibility index (Phi) is 2.37. The van der Waals surface area contributed by atoms with Gasteiger partial charge in [-0.2, -0.15) is 0 Å². The van der Waals surface area contributed by atoms with Crippen molar-refractivity contribution >= 4 is 5.82 Å². The molecule has 2 N–H and O–H groups in total. The van der Waals surface area contributed by atoms with Crippen LogP contribution in [0.4, 0.5) is 5.82 Å². The van der Waals surface area contributed by atoms with Crippen molar-refractivity contribution < 1.29 is 4.74 Å². The molecule has 0 saturated heterocycles. The van der Waals surface area contributed by atoms with E-state index in [4.69, 9.17) is 10.5 Å². The molecule has 0 aliphatic heterocycles. The van der Waals surface area contributed by atoms with Crippen molar-refractivity contribution in [3.05, 3.63) is 17.6 Å². The summed E-state index contributed by atoms with van der Waals surface area (Å²) in [5.41, 5.74) is 6.56. The Morgan fingerprint density at radius 1 is 1.50 bits per heavy atom. The lowest BCUT2D eigenvalue weighted by Crippen LogP contribution is -2.10. The van der Waals surface area contributed by atoms with Gasteiger partial charge in [-0.05, 0) is 25.7 Å². The van der Waals surface area contributed by atoms with Crippen molar-refractivity contribution in [3.63, 3.8) is 0 Å². The molecular formula is C10H15N3O. The third-order valence-electron chi connectivity index (χ3n) is 2.45. The summed E-state index contributed by atoms with van der Waals surface area (Å²) >= 11 is 0. The molecule has 4 heteroatoms. The number of rotatable bonds is 3. The van der Waals surface area contributed by atoms with Gasteiger partial charge in [-0.1, -0.05) is 0 Å². The lowest BCUT2D eigenvalue weighted by molar-refractivity contribution is 0.0772. The highest BCUT2D eigenvalue weighted by molar-refractivity contribution is 5.29. The highest BCUT2D eigenvalue weighted by Crippen LogP contribution is 2.41. The Bertz CT molecular complexity index is 316. The second-order valence-corrected chi connectivity index (χ2v) is 3.79. The van der Waals surface area contributed by atoms with Crippen LogP contribution in [-0.4, -0.2) is 17.1 Å². The molecule has 14 heavy (non-hydrogen) atoms. The maximum atomic E-state index is 5.67. The van der Waals surface area contributed by atoms with Crippen LogP contribution in [0.1, 0.15) is 30.5 Å². The first-order valence-electron chi connectivity index (χ1n) is 4.84. The third kappa shape index (κ3) is 1.85. The van der Waals surface area contributed by atoms with Crippen molar-refractivity contribution in [2.45, 2.75) is 25.9 Å². The van der Waals surface area contributed by atoms with Gasteiger partial charge < -0.3 is 10.5 Å². The number of nitrogens with two attached hydrogens (primary N) is 1. The van der Waals surface area contributed by atoms with Gasteiger partial charge in [-0.25, -0.2) is 9.97 Å². The molecule has 0 bridgehead atoms. The standard InChI is InChI=1S/C10H15N3O/c1-6-5-8(11)13-10(12-6)9(14-2)7-3-4-7/h5,7,9H,3-4H2,1-2H3,(H2,11,12,13). The Hall–Kier alpha value is -1.16. The number of aromatic nitrogens is 2. The largest absolute Gasteiger partial charge is 0.384 e. The fourth-order valence-corrected chi connectivity index (χ4v) is 1.65. The smallest absolute Gasteiger partial charge is 0.159 e. The Morgan fingerprint density at radius 3 is 2.71 bits per heavy atom. The van der Waals surface area contributed by atoms with Crippen LogP contribution in [0.5, 0.6) is 0 Å². The normalized spacial score (nSPS) is 18.1. The first-order valence-corrected chi connectivity index (χ1v) is 4.84. The molecule has 4 nitrogen and oxygen atoms in total. The molecule has 1 unspecified atom stereocenters. The van der Waals surface area contributed by atoms with Gasteiger partial charge in [-0.3, -0.25) is 0 Å². The van der Waals surface area contributed by atoms with Crippen LogP contribution < -0.4 is 5.73 Å².